The highest BCUT2D eigenvalue weighted by molar-refractivity contribution is 5.49. The molecule has 8 nitrogen and oxygen atoms in total. The maximum atomic E-state index is 5.66. The third-order valence-corrected chi connectivity index (χ3v) is 6.00. The molecule has 0 saturated carbocycles. The van der Waals surface area contributed by atoms with Gasteiger partial charge in [0.15, 0.2) is 5.82 Å². The lowest BCUT2D eigenvalue weighted by Crippen LogP contribution is -2.48. The average Bonchev–Trinajstić information content (AvgIpc) is 3.31. The highest BCUT2D eigenvalue weighted by Crippen LogP contribution is 2.32. The standard InChI is InChI=1S/C25H34N6O2/c1-6-33-22-11-7-19(8-12-22)23(24-26-27-28-31(24)25(2,3)4)30-17-15-29(16-18-30)20-9-13-21(32-5)14-10-20/h7-14,23H,6,15-18H2,1-5H3. The summed E-state index contributed by atoms with van der Waals surface area (Å²) in [5, 5.41) is 12.9. The molecule has 1 fully saturated rings. The van der Waals surface area contributed by atoms with E-state index in [1.54, 1.807) is 7.11 Å². The van der Waals surface area contributed by atoms with Gasteiger partial charge in [-0.25, -0.2) is 4.68 Å². The van der Waals surface area contributed by atoms with Gasteiger partial charge in [0.05, 0.1) is 25.3 Å². The van der Waals surface area contributed by atoms with Crippen molar-refractivity contribution in [1.82, 2.24) is 25.1 Å². The minimum absolute atomic E-state index is 0.0343. The van der Waals surface area contributed by atoms with Crippen molar-refractivity contribution >= 4 is 5.69 Å². The summed E-state index contributed by atoms with van der Waals surface area (Å²) >= 11 is 0. The number of hydrogen-bond acceptors (Lipinski definition) is 7. The van der Waals surface area contributed by atoms with Gasteiger partial charge in [0.25, 0.3) is 0 Å². The summed E-state index contributed by atoms with van der Waals surface area (Å²) in [5.41, 5.74) is 2.16. The lowest BCUT2D eigenvalue weighted by atomic mass is 10.0. The Hall–Kier alpha value is -3.13. The van der Waals surface area contributed by atoms with Crippen LogP contribution in [0.4, 0.5) is 5.69 Å². The Kier molecular flexibility index (Phi) is 6.83. The van der Waals surface area contributed by atoms with Crippen LogP contribution >= 0.6 is 0 Å². The molecule has 1 unspecified atom stereocenters. The number of rotatable bonds is 7. The van der Waals surface area contributed by atoms with E-state index in [1.165, 1.54) is 5.69 Å². The lowest BCUT2D eigenvalue weighted by molar-refractivity contribution is 0.191. The first kappa shape index (κ1) is 23.0. The number of piperazine rings is 1. The fraction of sp³-hybridized carbons (Fsp3) is 0.480. The largest absolute Gasteiger partial charge is 0.497 e. The number of methoxy groups -OCH3 is 1. The second-order valence-electron chi connectivity index (χ2n) is 9.25. The van der Waals surface area contributed by atoms with E-state index < -0.39 is 0 Å². The number of ether oxygens (including phenoxy) is 2. The van der Waals surface area contributed by atoms with Gasteiger partial charge in [-0.15, -0.1) is 5.10 Å². The van der Waals surface area contributed by atoms with Gasteiger partial charge in [-0.2, -0.15) is 0 Å². The smallest absolute Gasteiger partial charge is 0.173 e. The molecule has 1 aliphatic rings. The van der Waals surface area contributed by atoms with Crippen molar-refractivity contribution in [1.29, 1.82) is 0 Å². The minimum Gasteiger partial charge on any atom is -0.497 e. The highest BCUT2D eigenvalue weighted by Gasteiger charge is 2.33. The Morgan fingerprint density at radius 1 is 0.909 bits per heavy atom. The Balaban J connectivity index is 1.59. The zero-order chi connectivity index (χ0) is 23.4. The van der Waals surface area contributed by atoms with Gasteiger partial charge in [-0.1, -0.05) is 12.1 Å². The molecular weight excluding hydrogens is 416 g/mol. The first-order valence-corrected chi connectivity index (χ1v) is 11.5. The Morgan fingerprint density at radius 2 is 1.55 bits per heavy atom. The molecule has 176 valence electrons. The highest BCUT2D eigenvalue weighted by atomic mass is 16.5. The van der Waals surface area contributed by atoms with Crippen molar-refractivity contribution in [3.05, 3.63) is 59.9 Å². The molecule has 0 bridgehead atoms. The molecule has 1 aromatic heterocycles. The molecule has 0 aliphatic carbocycles. The van der Waals surface area contributed by atoms with Gasteiger partial charge in [0.1, 0.15) is 11.5 Å². The fourth-order valence-electron chi connectivity index (χ4n) is 4.31. The van der Waals surface area contributed by atoms with Gasteiger partial charge in [-0.3, -0.25) is 4.90 Å². The van der Waals surface area contributed by atoms with Crippen LogP contribution in [-0.4, -0.2) is 65.0 Å². The van der Waals surface area contributed by atoms with Crippen molar-refractivity contribution in [2.75, 3.05) is 44.8 Å². The molecule has 33 heavy (non-hydrogen) atoms. The first-order chi connectivity index (χ1) is 15.9. The summed E-state index contributed by atoms with van der Waals surface area (Å²) in [7, 11) is 1.69. The summed E-state index contributed by atoms with van der Waals surface area (Å²) in [6.07, 6.45) is 0. The summed E-state index contributed by atoms with van der Waals surface area (Å²) in [6, 6.07) is 16.6. The van der Waals surface area contributed by atoms with Crippen LogP contribution in [0.25, 0.3) is 0 Å². The second kappa shape index (κ2) is 9.79. The maximum absolute atomic E-state index is 5.66. The third-order valence-electron chi connectivity index (χ3n) is 6.00. The Morgan fingerprint density at radius 3 is 2.12 bits per heavy atom. The van der Waals surface area contributed by atoms with Crippen LogP contribution in [0.2, 0.25) is 0 Å². The zero-order valence-corrected chi connectivity index (χ0v) is 20.2. The fourth-order valence-corrected chi connectivity index (χ4v) is 4.31. The van der Waals surface area contributed by atoms with E-state index in [2.05, 4.69) is 70.4 Å². The van der Waals surface area contributed by atoms with Crippen LogP contribution in [0, 0.1) is 0 Å². The van der Waals surface area contributed by atoms with Crippen molar-refractivity contribution in [3.8, 4) is 11.5 Å². The molecule has 0 radical (unpaired) electrons. The van der Waals surface area contributed by atoms with Crippen LogP contribution in [0.15, 0.2) is 48.5 Å². The zero-order valence-electron chi connectivity index (χ0n) is 20.2. The Labute approximate surface area is 196 Å². The number of anilines is 1. The van der Waals surface area contributed by atoms with Gasteiger partial charge in [0.2, 0.25) is 0 Å². The summed E-state index contributed by atoms with van der Waals surface area (Å²) in [4.78, 5) is 4.89. The van der Waals surface area contributed by atoms with Crippen LogP contribution < -0.4 is 14.4 Å². The topological polar surface area (TPSA) is 68.5 Å². The van der Waals surface area contributed by atoms with E-state index in [9.17, 15) is 0 Å². The van der Waals surface area contributed by atoms with Gasteiger partial charge < -0.3 is 14.4 Å². The van der Waals surface area contributed by atoms with Crippen molar-refractivity contribution in [3.63, 3.8) is 0 Å². The average molecular weight is 451 g/mol. The number of aromatic nitrogens is 4. The maximum Gasteiger partial charge on any atom is 0.173 e. The molecule has 0 spiro atoms. The molecule has 2 aromatic carbocycles. The first-order valence-electron chi connectivity index (χ1n) is 11.5. The number of benzene rings is 2. The van der Waals surface area contributed by atoms with Gasteiger partial charge >= 0.3 is 0 Å². The van der Waals surface area contributed by atoms with Crippen LogP contribution in [-0.2, 0) is 5.54 Å². The predicted octanol–water partition coefficient (Wildman–Crippen LogP) is 3.75. The normalized spacial score (nSPS) is 16.0. The summed E-state index contributed by atoms with van der Waals surface area (Å²) < 4.78 is 12.9. The summed E-state index contributed by atoms with van der Waals surface area (Å²) in [6.45, 7) is 12.7. The molecule has 0 N–H and O–H groups in total. The van der Waals surface area contributed by atoms with E-state index in [0.717, 1.165) is 49.1 Å². The predicted molar refractivity (Wildman–Crippen MR) is 129 cm³/mol. The quantitative estimate of drug-likeness (QED) is 0.543. The molecule has 4 rings (SSSR count). The molecule has 0 amide bonds. The van der Waals surface area contributed by atoms with Gasteiger partial charge in [-0.05, 0) is 80.1 Å². The number of hydrogen-bond donors (Lipinski definition) is 0. The monoisotopic (exact) mass is 450 g/mol. The van der Waals surface area contributed by atoms with Crippen molar-refractivity contribution < 1.29 is 9.47 Å². The van der Waals surface area contributed by atoms with Crippen molar-refractivity contribution in [2.24, 2.45) is 0 Å². The van der Waals surface area contributed by atoms with E-state index in [4.69, 9.17) is 9.47 Å². The molecule has 1 aliphatic heterocycles. The summed E-state index contributed by atoms with van der Waals surface area (Å²) in [5.74, 6) is 2.62. The van der Waals surface area contributed by atoms with E-state index in [1.807, 2.05) is 35.9 Å². The van der Waals surface area contributed by atoms with Crippen LogP contribution in [0.1, 0.15) is 45.1 Å². The third kappa shape index (κ3) is 5.11. The van der Waals surface area contributed by atoms with E-state index in [0.29, 0.717) is 6.61 Å². The SMILES string of the molecule is CCOc1ccc(C(c2nnnn2C(C)(C)C)N2CCN(c3ccc(OC)cc3)CC2)cc1. The molecular formula is C25H34N6O2. The Bertz CT molecular complexity index is 1020. The molecule has 1 atom stereocenters. The molecule has 8 heteroatoms. The molecule has 2 heterocycles. The van der Waals surface area contributed by atoms with Crippen molar-refractivity contribution in [2.45, 2.75) is 39.3 Å². The minimum atomic E-state index is -0.215. The number of tetrazole rings is 1. The number of nitrogens with zero attached hydrogens (tertiary/aromatic N) is 6. The van der Waals surface area contributed by atoms with E-state index in [-0.39, 0.29) is 11.6 Å². The second-order valence-corrected chi connectivity index (χ2v) is 9.25. The van der Waals surface area contributed by atoms with Crippen LogP contribution in [0.5, 0.6) is 11.5 Å². The van der Waals surface area contributed by atoms with E-state index >= 15 is 0 Å². The molecule has 1 saturated heterocycles. The van der Waals surface area contributed by atoms with Crippen LogP contribution in [0.3, 0.4) is 0 Å². The lowest BCUT2D eigenvalue weighted by Gasteiger charge is -2.40. The molecule has 3 aromatic rings. The van der Waals surface area contributed by atoms with Gasteiger partial charge in [0, 0.05) is 31.9 Å².